The molecule has 5 nitrogen and oxygen atoms in total. The van der Waals surface area contributed by atoms with Gasteiger partial charge in [0.25, 0.3) is 5.91 Å². The summed E-state index contributed by atoms with van der Waals surface area (Å²) in [5.41, 5.74) is 4.06. The summed E-state index contributed by atoms with van der Waals surface area (Å²) in [5.74, 6) is -0.958. The predicted octanol–water partition coefficient (Wildman–Crippen LogP) is 5.50. The molecule has 2 aromatic carbocycles. The molecule has 1 atom stereocenters. The molecule has 2 aliphatic rings. The van der Waals surface area contributed by atoms with E-state index in [0.29, 0.717) is 12.1 Å². The number of carbonyl (C=O) groups is 2. The average molecular weight is 427 g/mol. The van der Waals surface area contributed by atoms with Crippen LogP contribution < -0.4 is 4.90 Å². The number of fused-ring (bicyclic) bond motifs is 1. The predicted molar refractivity (Wildman–Crippen MR) is 125 cm³/mol. The number of aromatic carboxylic acids is 1. The van der Waals surface area contributed by atoms with Gasteiger partial charge in [0.2, 0.25) is 0 Å². The van der Waals surface area contributed by atoms with E-state index >= 15 is 0 Å². The van der Waals surface area contributed by atoms with Crippen LogP contribution in [0.5, 0.6) is 0 Å². The van der Waals surface area contributed by atoms with E-state index in [2.05, 4.69) is 30.4 Å². The monoisotopic (exact) mass is 426 g/mol. The number of nitrogens with zero attached hydrogens (tertiary/aromatic N) is 2. The summed E-state index contributed by atoms with van der Waals surface area (Å²) in [7, 11) is 0. The fraction of sp³-hybridized carbons (Fsp3) is 0.259. The van der Waals surface area contributed by atoms with Gasteiger partial charge in [-0.3, -0.25) is 4.79 Å². The normalized spacial score (nSPS) is 20.1. The van der Waals surface area contributed by atoms with Crippen molar-refractivity contribution < 1.29 is 14.7 Å². The average Bonchev–Trinajstić information content (AvgIpc) is 3.26. The Hall–Kier alpha value is -3.60. The molecule has 0 radical (unpaired) electrons. The van der Waals surface area contributed by atoms with E-state index in [1.807, 2.05) is 35.2 Å². The van der Waals surface area contributed by atoms with Crippen LogP contribution in [0.2, 0.25) is 0 Å². The number of hydrogen-bond acceptors (Lipinski definition) is 2. The second kappa shape index (κ2) is 8.15. The van der Waals surface area contributed by atoms with Gasteiger partial charge in [-0.25, -0.2) is 4.79 Å². The minimum atomic E-state index is -0.957. The molecule has 162 valence electrons. The Balaban J connectivity index is 1.43. The van der Waals surface area contributed by atoms with E-state index in [9.17, 15) is 9.59 Å². The van der Waals surface area contributed by atoms with Crippen LogP contribution in [0.25, 0.3) is 5.69 Å². The SMILES string of the molecule is O=C(O)c1ccn(-c2ccc(C(=O)N3CCC4(C=CCCC4)Cc4ccccc43)cc2)c1. The van der Waals surface area contributed by atoms with Crippen molar-refractivity contribution in [3.05, 3.63) is 95.8 Å². The third-order valence-corrected chi connectivity index (χ3v) is 6.77. The number of benzene rings is 2. The van der Waals surface area contributed by atoms with Crippen LogP contribution >= 0.6 is 0 Å². The second-order valence-corrected chi connectivity index (χ2v) is 8.83. The molecule has 1 unspecified atom stereocenters. The minimum Gasteiger partial charge on any atom is -0.478 e. The van der Waals surface area contributed by atoms with Crippen molar-refractivity contribution >= 4 is 17.6 Å². The molecule has 32 heavy (non-hydrogen) atoms. The second-order valence-electron chi connectivity index (χ2n) is 8.83. The lowest BCUT2D eigenvalue weighted by molar-refractivity contribution is 0.0696. The van der Waals surface area contributed by atoms with E-state index in [-0.39, 0.29) is 16.9 Å². The fourth-order valence-electron chi connectivity index (χ4n) is 5.02. The first-order chi connectivity index (χ1) is 15.5. The molecule has 0 saturated heterocycles. The van der Waals surface area contributed by atoms with Crippen molar-refractivity contribution in [2.75, 3.05) is 11.4 Å². The first kappa shape index (κ1) is 20.3. The van der Waals surface area contributed by atoms with Crippen molar-refractivity contribution in [3.63, 3.8) is 0 Å². The molecule has 1 aliphatic carbocycles. The Morgan fingerprint density at radius 1 is 0.938 bits per heavy atom. The Labute approximate surface area is 187 Å². The molecule has 1 aromatic heterocycles. The Kier molecular flexibility index (Phi) is 5.17. The van der Waals surface area contributed by atoms with Crippen LogP contribution in [-0.2, 0) is 6.42 Å². The van der Waals surface area contributed by atoms with Crippen molar-refractivity contribution in [1.82, 2.24) is 4.57 Å². The zero-order valence-corrected chi connectivity index (χ0v) is 17.9. The molecule has 0 saturated carbocycles. The molecule has 1 spiro atoms. The van der Waals surface area contributed by atoms with Gasteiger partial charge in [-0.05, 0) is 79.5 Å². The number of para-hydroxylation sites is 1. The number of aromatic nitrogens is 1. The first-order valence-corrected chi connectivity index (χ1v) is 11.1. The molecule has 2 heterocycles. The maximum atomic E-state index is 13.6. The number of carbonyl (C=O) groups excluding carboxylic acids is 1. The van der Waals surface area contributed by atoms with Crippen LogP contribution in [0, 0.1) is 5.41 Å². The number of carboxylic acid groups (broad SMARTS) is 1. The van der Waals surface area contributed by atoms with E-state index in [4.69, 9.17) is 5.11 Å². The van der Waals surface area contributed by atoms with Crippen LogP contribution in [0.3, 0.4) is 0 Å². The summed E-state index contributed by atoms with van der Waals surface area (Å²) >= 11 is 0. The minimum absolute atomic E-state index is 0.000398. The molecule has 5 rings (SSSR count). The molecule has 5 heteroatoms. The Morgan fingerprint density at radius 3 is 2.47 bits per heavy atom. The maximum absolute atomic E-state index is 13.6. The van der Waals surface area contributed by atoms with E-state index in [1.165, 1.54) is 18.4 Å². The molecular formula is C27H26N2O3. The summed E-state index contributed by atoms with van der Waals surface area (Å²) in [6.45, 7) is 0.696. The summed E-state index contributed by atoms with van der Waals surface area (Å²) in [6.07, 6.45) is 13.4. The standard InChI is InChI=1S/C27H26N2O3/c30-25(20-8-10-23(11-9-20)28-16-12-22(19-28)26(31)32)29-17-15-27(13-4-1-5-14-27)18-21-6-2-3-7-24(21)29/h2-4,6-13,16,19H,1,5,14-15,17-18H2,(H,31,32). The zero-order chi connectivity index (χ0) is 22.1. The van der Waals surface area contributed by atoms with E-state index < -0.39 is 5.97 Å². The van der Waals surface area contributed by atoms with Gasteiger partial charge in [-0.1, -0.05) is 30.4 Å². The smallest absolute Gasteiger partial charge is 0.337 e. The maximum Gasteiger partial charge on any atom is 0.337 e. The van der Waals surface area contributed by atoms with Gasteiger partial charge in [0.1, 0.15) is 0 Å². The van der Waals surface area contributed by atoms with Gasteiger partial charge >= 0.3 is 5.97 Å². The number of carboxylic acids is 1. The van der Waals surface area contributed by atoms with Crippen molar-refractivity contribution in [1.29, 1.82) is 0 Å². The number of allylic oxidation sites excluding steroid dienone is 2. The lowest BCUT2D eigenvalue weighted by atomic mass is 9.72. The summed E-state index contributed by atoms with van der Waals surface area (Å²) in [6, 6.07) is 17.2. The van der Waals surface area contributed by atoms with Gasteiger partial charge in [-0.2, -0.15) is 0 Å². The van der Waals surface area contributed by atoms with Gasteiger partial charge in [0, 0.05) is 35.9 Å². The summed E-state index contributed by atoms with van der Waals surface area (Å²) in [4.78, 5) is 26.6. The number of amides is 1. The van der Waals surface area contributed by atoms with Crippen LogP contribution in [0.4, 0.5) is 5.69 Å². The van der Waals surface area contributed by atoms with Gasteiger partial charge in [0.05, 0.1) is 5.56 Å². The van der Waals surface area contributed by atoms with Crippen molar-refractivity contribution in [2.24, 2.45) is 5.41 Å². The molecule has 1 amide bonds. The Morgan fingerprint density at radius 2 is 1.75 bits per heavy atom. The highest BCUT2D eigenvalue weighted by molar-refractivity contribution is 6.06. The fourth-order valence-corrected chi connectivity index (χ4v) is 5.02. The van der Waals surface area contributed by atoms with Crippen LogP contribution in [0.15, 0.2) is 79.1 Å². The third kappa shape index (κ3) is 3.75. The molecule has 0 fully saturated rings. The zero-order valence-electron chi connectivity index (χ0n) is 17.9. The van der Waals surface area contributed by atoms with Gasteiger partial charge in [0.15, 0.2) is 0 Å². The topological polar surface area (TPSA) is 62.5 Å². The first-order valence-electron chi connectivity index (χ1n) is 11.1. The quantitative estimate of drug-likeness (QED) is 0.563. The van der Waals surface area contributed by atoms with E-state index in [0.717, 1.165) is 30.6 Å². The molecular weight excluding hydrogens is 400 g/mol. The highest BCUT2D eigenvalue weighted by Gasteiger charge is 2.35. The number of hydrogen-bond donors (Lipinski definition) is 1. The van der Waals surface area contributed by atoms with Crippen molar-refractivity contribution in [3.8, 4) is 5.69 Å². The molecule has 3 aromatic rings. The highest BCUT2D eigenvalue weighted by Crippen LogP contribution is 2.43. The highest BCUT2D eigenvalue weighted by atomic mass is 16.4. The summed E-state index contributed by atoms with van der Waals surface area (Å²) < 4.78 is 1.75. The van der Waals surface area contributed by atoms with Crippen LogP contribution in [-0.4, -0.2) is 28.1 Å². The largest absolute Gasteiger partial charge is 0.478 e. The molecule has 1 N–H and O–H groups in total. The third-order valence-electron chi connectivity index (χ3n) is 6.77. The molecule has 1 aliphatic heterocycles. The van der Waals surface area contributed by atoms with Crippen molar-refractivity contribution in [2.45, 2.75) is 32.1 Å². The summed E-state index contributed by atoms with van der Waals surface area (Å²) in [5, 5.41) is 9.13. The Bertz CT molecular complexity index is 1190. The van der Waals surface area contributed by atoms with Gasteiger partial charge < -0.3 is 14.6 Å². The number of rotatable bonds is 3. The van der Waals surface area contributed by atoms with Crippen LogP contribution in [0.1, 0.15) is 52.0 Å². The lowest BCUT2D eigenvalue weighted by Crippen LogP contribution is -2.33. The number of anilines is 1. The molecule has 0 bridgehead atoms. The van der Waals surface area contributed by atoms with E-state index in [1.54, 1.807) is 23.0 Å². The van der Waals surface area contributed by atoms with Gasteiger partial charge in [-0.15, -0.1) is 0 Å². The lowest BCUT2D eigenvalue weighted by Gasteiger charge is -2.32.